The molecule has 0 saturated heterocycles. The molecule has 4 nitrogen and oxygen atoms in total. The lowest BCUT2D eigenvalue weighted by Gasteiger charge is -2.06. The first-order chi connectivity index (χ1) is 14.6. The molecule has 4 aromatic rings. The van der Waals surface area contributed by atoms with E-state index in [2.05, 4.69) is 10.5 Å². The van der Waals surface area contributed by atoms with Crippen LogP contribution in [0.1, 0.15) is 15.9 Å². The summed E-state index contributed by atoms with van der Waals surface area (Å²) in [5.74, 6) is -0.547. The fourth-order valence-corrected chi connectivity index (χ4v) is 3.84. The molecule has 4 rings (SSSR count). The number of carbonyl (C=O) groups is 1. The first kappa shape index (κ1) is 20.0. The van der Waals surface area contributed by atoms with E-state index in [-0.39, 0.29) is 11.3 Å². The molecule has 0 fully saturated rings. The number of nitrogens with one attached hydrogen (secondary N) is 1. The number of amides is 1. The summed E-state index contributed by atoms with van der Waals surface area (Å²) in [6, 6.07) is 26.2. The van der Waals surface area contributed by atoms with Gasteiger partial charge in [0.15, 0.2) is 0 Å². The van der Waals surface area contributed by atoms with Gasteiger partial charge in [-0.2, -0.15) is 5.10 Å². The molecule has 0 saturated carbocycles. The number of hydrogen-bond acceptors (Lipinski definition) is 4. The van der Waals surface area contributed by atoms with Gasteiger partial charge >= 0.3 is 0 Å². The Morgan fingerprint density at radius 2 is 1.50 bits per heavy atom. The summed E-state index contributed by atoms with van der Waals surface area (Å²) in [4.78, 5) is 14.6. The fourth-order valence-electron chi connectivity index (χ4n) is 2.90. The van der Waals surface area contributed by atoms with Gasteiger partial charge in [0.1, 0.15) is 5.75 Å². The van der Waals surface area contributed by atoms with Crippen molar-refractivity contribution in [3.63, 3.8) is 0 Å². The molecule has 148 valence electrons. The lowest BCUT2D eigenvalue weighted by Crippen LogP contribution is -2.17. The number of benzene rings is 4. The number of carbonyl (C=O) groups excluding carboxylic acids is 1. The van der Waals surface area contributed by atoms with Gasteiger partial charge in [0.05, 0.1) is 11.8 Å². The number of aromatic hydroxyl groups is 1. The van der Waals surface area contributed by atoms with Crippen LogP contribution in [0.5, 0.6) is 5.75 Å². The summed E-state index contributed by atoms with van der Waals surface area (Å²) in [7, 11) is 0. The highest BCUT2D eigenvalue weighted by molar-refractivity contribution is 7.99. The molecule has 30 heavy (non-hydrogen) atoms. The van der Waals surface area contributed by atoms with E-state index in [4.69, 9.17) is 11.6 Å². The summed E-state index contributed by atoms with van der Waals surface area (Å²) in [5, 5.41) is 16.6. The maximum absolute atomic E-state index is 12.4. The topological polar surface area (TPSA) is 61.7 Å². The van der Waals surface area contributed by atoms with Gasteiger partial charge in [0.25, 0.3) is 5.91 Å². The zero-order chi connectivity index (χ0) is 20.9. The maximum atomic E-state index is 12.4. The van der Waals surface area contributed by atoms with Crippen LogP contribution in [-0.2, 0) is 0 Å². The van der Waals surface area contributed by atoms with Gasteiger partial charge in [-0.25, -0.2) is 5.43 Å². The van der Waals surface area contributed by atoms with E-state index in [1.807, 2.05) is 72.8 Å². The molecule has 0 atom stereocenters. The minimum Gasteiger partial charge on any atom is -0.507 e. The number of hydrazone groups is 1. The van der Waals surface area contributed by atoms with Crippen molar-refractivity contribution in [1.82, 2.24) is 5.43 Å². The third kappa shape index (κ3) is 4.82. The Morgan fingerprint density at radius 1 is 0.900 bits per heavy atom. The highest BCUT2D eigenvalue weighted by Gasteiger charge is 2.11. The van der Waals surface area contributed by atoms with E-state index < -0.39 is 5.91 Å². The van der Waals surface area contributed by atoms with Gasteiger partial charge in [-0.15, -0.1) is 0 Å². The van der Waals surface area contributed by atoms with Crippen LogP contribution in [0, 0.1) is 0 Å². The van der Waals surface area contributed by atoms with E-state index in [1.54, 1.807) is 30.1 Å². The van der Waals surface area contributed by atoms with Crippen LogP contribution < -0.4 is 5.43 Å². The lowest BCUT2D eigenvalue weighted by atomic mass is 10.1. The van der Waals surface area contributed by atoms with Crippen molar-refractivity contribution in [2.45, 2.75) is 9.79 Å². The van der Waals surface area contributed by atoms with Crippen molar-refractivity contribution in [2.24, 2.45) is 5.10 Å². The van der Waals surface area contributed by atoms with Crippen molar-refractivity contribution in [1.29, 1.82) is 0 Å². The summed E-state index contributed by atoms with van der Waals surface area (Å²) in [5.41, 5.74) is 3.49. The van der Waals surface area contributed by atoms with E-state index in [0.29, 0.717) is 5.02 Å². The van der Waals surface area contributed by atoms with Gasteiger partial charge in [-0.1, -0.05) is 59.8 Å². The van der Waals surface area contributed by atoms with Crippen molar-refractivity contribution in [2.75, 3.05) is 0 Å². The molecule has 0 aliphatic rings. The van der Waals surface area contributed by atoms with E-state index in [1.165, 1.54) is 0 Å². The summed E-state index contributed by atoms with van der Waals surface area (Å²) < 4.78 is 0. The van der Waals surface area contributed by atoms with Gasteiger partial charge in [0, 0.05) is 14.8 Å². The molecule has 0 radical (unpaired) electrons. The second kappa shape index (κ2) is 9.03. The number of phenols is 1. The quantitative estimate of drug-likeness (QED) is 0.295. The molecular formula is C24H17ClN2O2S. The average Bonchev–Trinajstić information content (AvgIpc) is 2.76. The summed E-state index contributed by atoms with van der Waals surface area (Å²) in [6.07, 6.45) is 1.56. The zero-order valence-corrected chi connectivity index (χ0v) is 17.3. The maximum Gasteiger partial charge on any atom is 0.275 e. The normalized spacial score (nSPS) is 11.1. The molecule has 0 heterocycles. The van der Waals surface area contributed by atoms with Crippen molar-refractivity contribution in [3.05, 3.63) is 101 Å². The smallest absolute Gasteiger partial charge is 0.275 e. The van der Waals surface area contributed by atoms with Gasteiger partial charge < -0.3 is 5.11 Å². The van der Waals surface area contributed by atoms with Gasteiger partial charge in [0.2, 0.25) is 0 Å². The molecule has 0 spiro atoms. The Labute approximate surface area is 183 Å². The molecule has 0 unspecified atom stereocenters. The Balaban J connectivity index is 1.40. The monoisotopic (exact) mass is 432 g/mol. The van der Waals surface area contributed by atoms with Crippen molar-refractivity contribution >= 4 is 46.3 Å². The predicted molar refractivity (Wildman–Crippen MR) is 123 cm³/mol. The third-order valence-electron chi connectivity index (χ3n) is 4.42. The standard InChI is InChI=1S/C24H17ClN2O2S/c25-19-7-11-21(12-8-19)30-20-9-5-16(6-10-20)15-26-27-24(29)22-13-17-3-1-2-4-18(17)14-23(22)28/h1-15,28H,(H,27,29). The van der Waals surface area contributed by atoms with Crippen molar-refractivity contribution < 1.29 is 9.90 Å². The lowest BCUT2D eigenvalue weighted by molar-refractivity contribution is 0.0952. The molecule has 4 aromatic carbocycles. The van der Waals surface area contributed by atoms with E-state index in [0.717, 1.165) is 26.1 Å². The zero-order valence-electron chi connectivity index (χ0n) is 15.7. The number of nitrogens with zero attached hydrogens (tertiary/aromatic N) is 1. The molecule has 2 N–H and O–H groups in total. The van der Waals surface area contributed by atoms with Crippen LogP contribution in [0.3, 0.4) is 0 Å². The number of hydrogen-bond donors (Lipinski definition) is 2. The molecule has 1 amide bonds. The Bertz CT molecular complexity index is 1220. The molecule has 0 bridgehead atoms. The minimum absolute atomic E-state index is 0.0787. The second-order valence-corrected chi connectivity index (χ2v) is 8.12. The van der Waals surface area contributed by atoms with Crippen LogP contribution in [0.25, 0.3) is 10.8 Å². The van der Waals surface area contributed by atoms with Crippen LogP contribution in [-0.4, -0.2) is 17.2 Å². The van der Waals surface area contributed by atoms with Crippen LogP contribution in [0.15, 0.2) is 99.8 Å². The van der Waals surface area contributed by atoms with Gasteiger partial charge in [-0.05, 0) is 64.9 Å². The molecule has 0 aliphatic heterocycles. The number of rotatable bonds is 5. The predicted octanol–water partition coefficient (Wildman–Crippen LogP) is 6.11. The van der Waals surface area contributed by atoms with E-state index in [9.17, 15) is 9.90 Å². The first-order valence-electron chi connectivity index (χ1n) is 9.17. The van der Waals surface area contributed by atoms with Crippen LogP contribution in [0.4, 0.5) is 0 Å². The van der Waals surface area contributed by atoms with E-state index >= 15 is 0 Å². The molecule has 6 heteroatoms. The largest absolute Gasteiger partial charge is 0.507 e. The first-order valence-corrected chi connectivity index (χ1v) is 10.4. The molecule has 0 aromatic heterocycles. The Morgan fingerprint density at radius 3 is 2.17 bits per heavy atom. The Kier molecular flexibility index (Phi) is 6.02. The highest BCUT2D eigenvalue weighted by atomic mass is 35.5. The van der Waals surface area contributed by atoms with Crippen LogP contribution >= 0.6 is 23.4 Å². The van der Waals surface area contributed by atoms with Crippen molar-refractivity contribution in [3.8, 4) is 5.75 Å². The minimum atomic E-state index is -0.468. The number of phenolic OH excluding ortho intramolecular Hbond substituents is 1. The SMILES string of the molecule is O=C(NN=Cc1ccc(Sc2ccc(Cl)cc2)cc1)c1cc2ccccc2cc1O. The Hall–Kier alpha value is -3.28. The summed E-state index contributed by atoms with van der Waals surface area (Å²) in [6.45, 7) is 0. The average molecular weight is 433 g/mol. The molecular weight excluding hydrogens is 416 g/mol. The second-order valence-electron chi connectivity index (χ2n) is 6.54. The highest BCUT2D eigenvalue weighted by Crippen LogP contribution is 2.28. The number of halogens is 1. The number of fused-ring (bicyclic) bond motifs is 1. The van der Waals surface area contributed by atoms with Gasteiger partial charge in [-0.3, -0.25) is 4.79 Å². The summed E-state index contributed by atoms with van der Waals surface area (Å²) >= 11 is 7.54. The van der Waals surface area contributed by atoms with Crippen LogP contribution in [0.2, 0.25) is 5.02 Å². The molecule has 0 aliphatic carbocycles. The fraction of sp³-hybridized carbons (Fsp3) is 0. The third-order valence-corrected chi connectivity index (χ3v) is 5.69.